The molecule has 1 fully saturated rings. The van der Waals surface area contributed by atoms with Crippen LogP contribution in [0.4, 0.5) is 0 Å². The first kappa shape index (κ1) is 22.3. The van der Waals surface area contributed by atoms with Gasteiger partial charge in [-0.25, -0.2) is 0 Å². The fourth-order valence-corrected chi connectivity index (χ4v) is 4.05. The summed E-state index contributed by atoms with van der Waals surface area (Å²) in [7, 11) is 0. The second-order valence-corrected chi connectivity index (χ2v) is 8.43. The Labute approximate surface area is 189 Å². The number of piperidine rings is 1. The zero-order valence-corrected chi connectivity index (χ0v) is 18.3. The predicted molar refractivity (Wildman–Crippen MR) is 125 cm³/mol. The molecule has 32 heavy (non-hydrogen) atoms. The van der Waals surface area contributed by atoms with Crippen LogP contribution in [0.25, 0.3) is 0 Å². The Morgan fingerprint density at radius 2 is 1.41 bits per heavy atom. The highest BCUT2D eigenvalue weighted by Crippen LogP contribution is 2.27. The fraction of sp³-hybridized carbons (Fsp3) is 0.333. The number of ether oxygens (including phenoxy) is 2. The molecule has 0 spiro atoms. The Morgan fingerprint density at radius 1 is 0.812 bits per heavy atom. The molecule has 0 aliphatic carbocycles. The second kappa shape index (κ2) is 10.6. The summed E-state index contributed by atoms with van der Waals surface area (Å²) in [5, 5.41) is 21.5. The Hall–Kier alpha value is -2.86. The lowest BCUT2D eigenvalue weighted by molar-refractivity contribution is -0.119. The molecular weight excluding hydrogens is 402 g/mol. The van der Waals surface area contributed by atoms with E-state index in [2.05, 4.69) is 4.90 Å². The molecule has 1 saturated heterocycles. The maximum atomic E-state index is 10.9. The number of β-amino-alcohol motifs (C(OH)–C–C–N with tert-alkyl or cyclic N) is 1. The van der Waals surface area contributed by atoms with Crippen molar-refractivity contribution in [1.82, 2.24) is 4.90 Å². The Kier molecular flexibility index (Phi) is 7.43. The van der Waals surface area contributed by atoms with Crippen molar-refractivity contribution in [1.29, 1.82) is 0 Å². The van der Waals surface area contributed by atoms with Gasteiger partial charge in [-0.15, -0.1) is 0 Å². The number of hydrogen-bond acceptors (Lipinski definition) is 5. The van der Waals surface area contributed by atoms with E-state index in [0.29, 0.717) is 39.1 Å². The van der Waals surface area contributed by atoms with Crippen LogP contribution in [0.3, 0.4) is 0 Å². The molecule has 0 aromatic heterocycles. The average Bonchev–Trinajstić information content (AvgIpc) is 2.82. The molecule has 1 aliphatic rings. The van der Waals surface area contributed by atoms with Gasteiger partial charge in [-0.1, -0.05) is 60.7 Å². The SMILES string of the molecule is O[C@H]1CN(CCOc2ccc(OCc3ccccc3)cc2)CC[C@@]1(O)Cc1ccccc1. The summed E-state index contributed by atoms with van der Waals surface area (Å²) in [4.78, 5) is 2.14. The van der Waals surface area contributed by atoms with Crippen LogP contribution in [0, 0.1) is 0 Å². The Morgan fingerprint density at radius 3 is 2.03 bits per heavy atom. The molecule has 168 valence electrons. The van der Waals surface area contributed by atoms with Crippen molar-refractivity contribution in [3.63, 3.8) is 0 Å². The maximum absolute atomic E-state index is 10.9. The maximum Gasteiger partial charge on any atom is 0.120 e. The van der Waals surface area contributed by atoms with Gasteiger partial charge in [-0.2, -0.15) is 0 Å². The van der Waals surface area contributed by atoms with Crippen molar-refractivity contribution in [2.24, 2.45) is 0 Å². The quantitative estimate of drug-likeness (QED) is 0.539. The Bertz CT molecular complexity index is 948. The molecule has 0 amide bonds. The van der Waals surface area contributed by atoms with Crippen LogP contribution in [-0.4, -0.2) is 53.1 Å². The van der Waals surface area contributed by atoms with Gasteiger partial charge in [0.05, 0.1) is 11.7 Å². The molecule has 0 radical (unpaired) electrons. The summed E-state index contributed by atoms with van der Waals surface area (Å²) in [6.45, 7) is 2.93. The van der Waals surface area contributed by atoms with E-state index in [1.54, 1.807) is 0 Å². The number of hydrogen-bond donors (Lipinski definition) is 2. The van der Waals surface area contributed by atoms with E-state index in [0.717, 1.165) is 29.2 Å². The summed E-state index contributed by atoms with van der Waals surface area (Å²) in [5.74, 6) is 1.59. The molecule has 0 unspecified atom stereocenters. The molecular formula is C27H31NO4. The van der Waals surface area contributed by atoms with Crippen molar-refractivity contribution in [2.75, 3.05) is 26.2 Å². The topological polar surface area (TPSA) is 62.2 Å². The predicted octanol–water partition coefficient (Wildman–Crippen LogP) is 3.68. The third kappa shape index (κ3) is 6.10. The van der Waals surface area contributed by atoms with Crippen LogP contribution in [-0.2, 0) is 13.0 Å². The zero-order chi connectivity index (χ0) is 22.2. The smallest absolute Gasteiger partial charge is 0.120 e. The minimum atomic E-state index is -1.08. The van der Waals surface area contributed by atoms with Gasteiger partial charge in [0.15, 0.2) is 0 Å². The first-order valence-electron chi connectivity index (χ1n) is 11.2. The number of nitrogens with zero attached hydrogens (tertiary/aromatic N) is 1. The van der Waals surface area contributed by atoms with Crippen LogP contribution in [0.2, 0.25) is 0 Å². The molecule has 1 aliphatic heterocycles. The molecule has 3 aromatic rings. The lowest BCUT2D eigenvalue weighted by atomic mass is 9.83. The van der Waals surface area contributed by atoms with E-state index in [-0.39, 0.29) is 0 Å². The third-order valence-corrected chi connectivity index (χ3v) is 6.01. The van der Waals surface area contributed by atoms with E-state index < -0.39 is 11.7 Å². The average molecular weight is 434 g/mol. The van der Waals surface area contributed by atoms with Crippen molar-refractivity contribution in [2.45, 2.75) is 31.2 Å². The third-order valence-electron chi connectivity index (χ3n) is 6.01. The van der Waals surface area contributed by atoms with Crippen LogP contribution in [0.5, 0.6) is 11.5 Å². The summed E-state index contributed by atoms with van der Waals surface area (Å²) in [6, 6.07) is 27.6. The van der Waals surface area contributed by atoms with Gasteiger partial charge in [0, 0.05) is 26.1 Å². The second-order valence-electron chi connectivity index (χ2n) is 8.43. The molecule has 5 nitrogen and oxygen atoms in total. The molecule has 1 heterocycles. The fourth-order valence-electron chi connectivity index (χ4n) is 4.05. The normalized spacial score (nSPS) is 21.2. The van der Waals surface area contributed by atoms with E-state index in [4.69, 9.17) is 9.47 Å². The summed E-state index contributed by atoms with van der Waals surface area (Å²) >= 11 is 0. The number of benzene rings is 3. The number of aliphatic hydroxyl groups is 2. The lowest BCUT2D eigenvalue weighted by Crippen LogP contribution is -2.57. The molecule has 0 bridgehead atoms. The number of rotatable bonds is 9. The van der Waals surface area contributed by atoms with E-state index in [9.17, 15) is 10.2 Å². The van der Waals surface area contributed by atoms with Crippen molar-refractivity contribution >= 4 is 0 Å². The van der Waals surface area contributed by atoms with Gasteiger partial charge < -0.3 is 19.7 Å². The molecule has 2 atom stereocenters. The van der Waals surface area contributed by atoms with Gasteiger partial charge in [0.25, 0.3) is 0 Å². The lowest BCUT2D eigenvalue weighted by Gasteiger charge is -2.42. The highest BCUT2D eigenvalue weighted by atomic mass is 16.5. The van der Waals surface area contributed by atoms with Crippen molar-refractivity contribution in [3.05, 3.63) is 96.1 Å². The van der Waals surface area contributed by atoms with Crippen LogP contribution < -0.4 is 9.47 Å². The molecule has 2 N–H and O–H groups in total. The first-order valence-corrected chi connectivity index (χ1v) is 11.2. The van der Waals surface area contributed by atoms with Crippen LogP contribution in [0.1, 0.15) is 17.5 Å². The minimum absolute atomic E-state index is 0.443. The largest absolute Gasteiger partial charge is 0.492 e. The molecule has 5 heteroatoms. The standard InChI is InChI=1S/C27H31NO4/c29-26-20-28(16-15-27(26,30)19-22-7-3-1-4-8-22)17-18-31-24-11-13-25(14-12-24)32-21-23-9-5-2-6-10-23/h1-14,26,29-30H,15-21H2/t26-,27+/m0/s1. The van der Waals surface area contributed by atoms with Crippen molar-refractivity contribution < 1.29 is 19.7 Å². The monoisotopic (exact) mass is 433 g/mol. The highest BCUT2D eigenvalue weighted by Gasteiger charge is 2.40. The highest BCUT2D eigenvalue weighted by molar-refractivity contribution is 5.31. The van der Waals surface area contributed by atoms with Crippen molar-refractivity contribution in [3.8, 4) is 11.5 Å². The summed E-state index contributed by atoms with van der Waals surface area (Å²) < 4.78 is 11.7. The number of likely N-dealkylation sites (tertiary alicyclic amines) is 1. The van der Waals surface area contributed by atoms with E-state index >= 15 is 0 Å². The minimum Gasteiger partial charge on any atom is -0.492 e. The van der Waals surface area contributed by atoms with Crippen LogP contribution >= 0.6 is 0 Å². The first-order chi connectivity index (χ1) is 15.6. The van der Waals surface area contributed by atoms with E-state index in [1.165, 1.54) is 0 Å². The molecule has 4 rings (SSSR count). The van der Waals surface area contributed by atoms with Crippen LogP contribution in [0.15, 0.2) is 84.9 Å². The summed E-state index contributed by atoms with van der Waals surface area (Å²) in [5.41, 5.74) is 1.10. The van der Waals surface area contributed by atoms with Gasteiger partial charge in [-0.3, -0.25) is 4.90 Å². The van der Waals surface area contributed by atoms with Gasteiger partial charge in [0.1, 0.15) is 24.7 Å². The van der Waals surface area contributed by atoms with Gasteiger partial charge >= 0.3 is 0 Å². The number of aliphatic hydroxyl groups excluding tert-OH is 1. The zero-order valence-electron chi connectivity index (χ0n) is 18.3. The molecule has 3 aromatic carbocycles. The molecule has 0 saturated carbocycles. The Balaban J connectivity index is 1.19. The van der Waals surface area contributed by atoms with Gasteiger partial charge in [-0.05, 0) is 41.8 Å². The summed E-state index contributed by atoms with van der Waals surface area (Å²) in [6.07, 6.45) is 0.228. The van der Waals surface area contributed by atoms with E-state index in [1.807, 2.05) is 84.9 Å². The van der Waals surface area contributed by atoms with Gasteiger partial charge in [0.2, 0.25) is 0 Å².